The van der Waals surface area contributed by atoms with Gasteiger partial charge in [0.15, 0.2) is 0 Å². The summed E-state index contributed by atoms with van der Waals surface area (Å²) in [4.78, 5) is 0. The van der Waals surface area contributed by atoms with E-state index >= 15 is 0 Å². The van der Waals surface area contributed by atoms with Crippen molar-refractivity contribution in [3.63, 3.8) is 0 Å². The van der Waals surface area contributed by atoms with Crippen molar-refractivity contribution < 1.29 is 36.6 Å². The first-order chi connectivity index (χ1) is 19.8. The fraction of sp³-hybridized carbons (Fsp3) is 0.0256. The zero-order chi connectivity index (χ0) is 27.1. The first-order valence-electron chi connectivity index (χ1n) is 13.6. The monoisotopic (exact) mass is 621 g/mol. The van der Waals surface area contributed by atoms with Crippen LogP contribution >= 0.6 is 0 Å². The SMILES string of the molecule is [Cl-].[Zr+2]=[C](c1ccccc1)c1ccccc1.[c-]1cccc2c1Cc1ccccc1-2.c1ccc2c(c1)[cH-]c1ccccc12. The molecule has 7 aromatic rings. The second-order valence-electron chi connectivity index (χ2n) is 9.82. The second-order valence-corrected chi connectivity index (χ2v) is 11.1. The molecule has 7 aromatic carbocycles. The summed E-state index contributed by atoms with van der Waals surface area (Å²) in [6, 6.07) is 58.5. The molecule has 0 nitrogen and oxygen atoms in total. The summed E-state index contributed by atoms with van der Waals surface area (Å²) in [5.41, 5.74) is 8.17. The Kier molecular flexibility index (Phi) is 9.63. The van der Waals surface area contributed by atoms with Gasteiger partial charge in [-0.15, -0.1) is 45.3 Å². The van der Waals surface area contributed by atoms with E-state index in [1.54, 1.807) is 0 Å². The average Bonchev–Trinajstić information content (AvgIpc) is 3.61. The van der Waals surface area contributed by atoms with Crippen LogP contribution in [-0.2, 0) is 30.7 Å². The maximum atomic E-state index is 3.30. The van der Waals surface area contributed by atoms with Gasteiger partial charge in [0.1, 0.15) is 0 Å². The summed E-state index contributed by atoms with van der Waals surface area (Å²) >= 11 is 1.46. The van der Waals surface area contributed by atoms with Crippen LogP contribution in [0.1, 0.15) is 22.3 Å². The molecule has 0 spiro atoms. The Labute approximate surface area is 263 Å². The molecule has 0 atom stereocenters. The van der Waals surface area contributed by atoms with Gasteiger partial charge in [-0.25, -0.2) is 0 Å². The van der Waals surface area contributed by atoms with Gasteiger partial charge in [-0.1, -0.05) is 71.8 Å². The van der Waals surface area contributed by atoms with Crippen LogP contribution in [-0.4, -0.2) is 3.21 Å². The molecule has 2 heteroatoms. The van der Waals surface area contributed by atoms with Gasteiger partial charge in [-0.3, -0.25) is 0 Å². The van der Waals surface area contributed by atoms with Gasteiger partial charge in [0.25, 0.3) is 0 Å². The third-order valence-corrected chi connectivity index (χ3v) is 8.68. The van der Waals surface area contributed by atoms with Crippen LogP contribution in [0.2, 0.25) is 0 Å². The third-order valence-electron chi connectivity index (χ3n) is 7.26. The van der Waals surface area contributed by atoms with Crippen LogP contribution in [0.5, 0.6) is 0 Å². The van der Waals surface area contributed by atoms with E-state index in [9.17, 15) is 0 Å². The van der Waals surface area contributed by atoms with Gasteiger partial charge >= 0.3 is 99.2 Å². The Bertz CT molecular complexity index is 1750. The molecule has 0 saturated carbocycles. The molecule has 1 aliphatic rings. The van der Waals surface area contributed by atoms with Gasteiger partial charge in [0, 0.05) is 0 Å². The molecule has 0 radical (unpaired) electrons. The number of fused-ring (bicyclic) bond motifs is 6. The third kappa shape index (κ3) is 6.60. The standard InChI is InChI=1S/2C13H9.C13H10.ClH.Zr/c2*1-3-7-12-10(5-1)9-11-6-2-4-8-13(11)12;1-3-7-12(8-4-1)11-13-9-5-2-6-10-13;;/h1-5,7-8H,9H2;1-9H;1-10H;1H;/q2*-1;;;+2/p-1. The summed E-state index contributed by atoms with van der Waals surface area (Å²) < 4.78 is 1.42. The van der Waals surface area contributed by atoms with E-state index in [0.29, 0.717) is 0 Å². The van der Waals surface area contributed by atoms with Crippen LogP contribution in [0.4, 0.5) is 0 Å². The van der Waals surface area contributed by atoms with Gasteiger partial charge in [-0.2, -0.15) is 29.8 Å². The molecular weight excluding hydrogens is 595 g/mol. The second kappa shape index (κ2) is 13.7. The molecule has 8 rings (SSSR count). The fourth-order valence-electron chi connectivity index (χ4n) is 5.28. The topological polar surface area (TPSA) is 0 Å². The van der Waals surface area contributed by atoms with E-state index < -0.39 is 0 Å². The number of halogens is 1. The summed E-state index contributed by atoms with van der Waals surface area (Å²) in [5, 5.41) is 5.39. The molecule has 0 N–H and O–H groups in total. The first-order valence-corrected chi connectivity index (χ1v) is 14.8. The Morgan fingerprint density at radius 3 is 1.63 bits per heavy atom. The molecule has 0 saturated heterocycles. The minimum atomic E-state index is 0. The molecule has 0 aliphatic heterocycles. The predicted molar refractivity (Wildman–Crippen MR) is 167 cm³/mol. The minimum Gasteiger partial charge on any atom is -0.179 e. The average molecular weight is 623 g/mol. The Morgan fingerprint density at radius 1 is 0.537 bits per heavy atom. The first kappa shape index (κ1) is 28.8. The number of benzene rings is 6. The van der Waals surface area contributed by atoms with Crippen molar-refractivity contribution in [2.75, 3.05) is 0 Å². The quantitative estimate of drug-likeness (QED) is 0.191. The van der Waals surface area contributed by atoms with Gasteiger partial charge in [0.05, 0.1) is 0 Å². The molecular formula is C39H28ClZr-. The van der Waals surface area contributed by atoms with E-state index in [1.807, 2.05) is 6.07 Å². The maximum Gasteiger partial charge on any atom is -0.0253 e. The van der Waals surface area contributed by atoms with Crippen molar-refractivity contribution in [3.05, 3.63) is 186 Å². The largest absolute Gasteiger partial charge is 0.179 e. The molecule has 0 bridgehead atoms. The van der Waals surface area contributed by atoms with E-state index in [2.05, 4.69) is 158 Å². The van der Waals surface area contributed by atoms with Crippen molar-refractivity contribution in [2.24, 2.45) is 0 Å². The normalized spacial score (nSPS) is 10.8. The van der Waals surface area contributed by atoms with Crippen molar-refractivity contribution in [3.8, 4) is 11.1 Å². The molecule has 41 heavy (non-hydrogen) atoms. The molecule has 0 aromatic heterocycles. The number of hydrogen-bond acceptors (Lipinski definition) is 0. The van der Waals surface area contributed by atoms with Crippen LogP contribution in [0.25, 0.3) is 32.7 Å². The predicted octanol–water partition coefficient (Wildman–Crippen LogP) is 6.58. The van der Waals surface area contributed by atoms with Crippen LogP contribution in [0.3, 0.4) is 0 Å². The molecule has 0 fully saturated rings. The Morgan fingerprint density at radius 2 is 1.02 bits per heavy atom. The van der Waals surface area contributed by atoms with Crippen molar-refractivity contribution >= 4 is 24.8 Å². The van der Waals surface area contributed by atoms with Crippen molar-refractivity contribution in [1.29, 1.82) is 0 Å². The van der Waals surface area contributed by atoms with E-state index in [4.69, 9.17) is 0 Å². The number of hydrogen-bond donors (Lipinski definition) is 0. The fourth-order valence-corrected chi connectivity index (χ4v) is 6.10. The summed E-state index contributed by atoms with van der Waals surface area (Å²) in [6.45, 7) is 0. The maximum absolute atomic E-state index is 3.30. The van der Waals surface area contributed by atoms with E-state index in [0.717, 1.165) is 6.42 Å². The molecule has 0 amide bonds. The van der Waals surface area contributed by atoms with Crippen LogP contribution in [0.15, 0.2) is 158 Å². The van der Waals surface area contributed by atoms with Gasteiger partial charge in [0.2, 0.25) is 0 Å². The Balaban J connectivity index is 0.000000122. The smallest absolute Gasteiger partial charge is 0.0253 e. The van der Waals surface area contributed by atoms with Gasteiger partial charge in [-0.05, 0) is 6.42 Å². The van der Waals surface area contributed by atoms with Crippen molar-refractivity contribution in [1.82, 2.24) is 0 Å². The zero-order valence-electron chi connectivity index (χ0n) is 22.6. The Hall–Kier alpha value is -3.77. The summed E-state index contributed by atoms with van der Waals surface area (Å²) in [5.74, 6) is 0. The molecule has 0 heterocycles. The zero-order valence-corrected chi connectivity index (χ0v) is 25.8. The van der Waals surface area contributed by atoms with Crippen LogP contribution in [0, 0.1) is 6.07 Å². The van der Waals surface area contributed by atoms with Crippen molar-refractivity contribution in [2.45, 2.75) is 6.42 Å². The minimum absolute atomic E-state index is 0. The van der Waals surface area contributed by atoms with E-state index in [-0.39, 0.29) is 12.4 Å². The summed E-state index contributed by atoms with van der Waals surface area (Å²) in [6.07, 6.45) is 1.05. The van der Waals surface area contributed by atoms with Crippen LogP contribution < -0.4 is 12.4 Å². The number of rotatable bonds is 2. The molecule has 196 valence electrons. The summed E-state index contributed by atoms with van der Waals surface area (Å²) in [7, 11) is 0. The molecule has 1 aliphatic carbocycles. The molecule has 0 unspecified atom stereocenters. The van der Waals surface area contributed by atoms with E-state index in [1.165, 1.54) is 82.4 Å². The van der Waals surface area contributed by atoms with Gasteiger partial charge < -0.3 is 12.4 Å².